The van der Waals surface area contributed by atoms with Crippen molar-refractivity contribution in [1.29, 1.82) is 0 Å². The Morgan fingerprint density at radius 2 is 2.22 bits per heavy atom. The molecule has 1 aliphatic carbocycles. The molecule has 1 heterocycles. The summed E-state index contributed by atoms with van der Waals surface area (Å²) in [4.78, 5) is 12.2. The normalized spacial score (nSPS) is 23.1. The molecule has 1 amide bonds. The van der Waals surface area contributed by atoms with Gasteiger partial charge in [0.15, 0.2) is 0 Å². The third kappa shape index (κ3) is 2.22. The number of hydrogen-bond acceptors (Lipinski definition) is 2. The maximum Gasteiger partial charge on any atom is 0.229 e. The molecule has 1 fully saturated rings. The Morgan fingerprint density at radius 3 is 3.00 bits per heavy atom. The maximum atomic E-state index is 12.2. The van der Waals surface area contributed by atoms with Crippen molar-refractivity contribution in [2.24, 2.45) is 11.8 Å². The van der Waals surface area contributed by atoms with Crippen LogP contribution in [-0.2, 0) is 4.79 Å². The second kappa shape index (κ2) is 4.63. The van der Waals surface area contributed by atoms with Gasteiger partial charge in [-0.3, -0.25) is 4.79 Å². The van der Waals surface area contributed by atoms with Crippen LogP contribution in [0.5, 0.6) is 0 Å². The topological polar surface area (TPSA) is 41.1 Å². The molecule has 1 aromatic rings. The zero-order chi connectivity index (χ0) is 12.5. The monoisotopic (exact) mass is 244 g/mol. The first-order valence-corrected chi connectivity index (χ1v) is 6.86. The van der Waals surface area contributed by atoms with E-state index in [0.29, 0.717) is 5.92 Å². The Labute approximate surface area is 108 Å². The average Bonchev–Trinajstić information content (AvgIpc) is 3.15. The van der Waals surface area contributed by atoms with Gasteiger partial charge in [0, 0.05) is 18.8 Å². The zero-order valence-electron chi connectivity index (χ0n) is 10.8. The van der Waals surface area contributed by atoms with Gasteiger partial charge in [-0.1, -0.05) is 25.1 Å². The number of carbonyl (C=O) groups excluding carboxylic acids is 1. The minimum absolute atomic E-state index is 0.0207. The molecular weight excluding hydrogens is 224 g/mol. The summed E-state index contributed by atoms with van der Waals surface area (Å²) in [5.41, 5.74) is 2.24. The fourth-order valence-electron chi connectivity index (χ4n) is 2.73. The van der Waals surface area contributed by atoms with Crippen molar-refractivity contribution < 1.29 is 4.79 Å². The number of nitrogens with one attached hydrogen (secondary N) is 2. The van der Waals surface area contributed by atoms with E-state index in [4.69, 9.17) is 0 Å². The number of rotatable bonds is 4. The highest BCUT2D eigenvalue weighted by molar-refractivity contribution is 5.88. The van der Waals surface area contributed by atoms with Crippen LogP contribution in [0.2, 0.25) is 0 Å². The first kappa shape index (κ1) is 11.6. The number of amides is 1. The second-order valence-electron chi connectivity index (χ2n) is 5.58. The Kier molecular flexibility index (Phi) is 2.98. The highest BCUT2D eigenvalue weighted by atomic mass is 16.1. The highest BCUT2D eigenvalue weighted by Gasteiger charge is 2.31. The second-order valence-corrected chi connectivity index (χ2v) is 5.58. The van der Waals surface area contributed by atoms with Crippen LogP contribution < -0.4 is 10.6 Å². The van der Waals surface area contributed by atoms with Gasteiger partial charge in [-0.2, -0.15) is 0 Å². The molecule has 0 saturated heterocycles. The number of fused-ring (bicyclic) bond motifs is 1. The molecule has 1 aliphatic heterocycles. The largest absolute Gasteiger partial charge is 0.384 e. The minimum atomic E-state index is -0.0207. The smallest absolute Gasteiger partial charge is 0.229 e. The summed E-state index contributed by atoms with van der Waals surface area (Å²) < 4.78 is 0. The fourth-order valence-corrected chi connectivity index (χ4v) is 2.73. The molecule has 0 bridgehead atoms. The van der Waals surface area contributed by atoms with Crippen LogP contribution in [0.3, 0.4) is 0 Å². The lowest BCUT2D eigenvalue weighted by Crippen LogP contribution is -2.34. The lowest BCUT2D eigenvalue weighted by atomic mass is 10.00. The quantitative estimate of drug-likeness (QED) is 0.853. The van der Waals surface area contributed by atoms with Crippen molar-refractivity contribution in [1.82, 2.24) is 5.32 Å². The summed E-state index contributed by atoms with van der Waals surface area (Å²) in [5.74, 6) is 1.62. The molecule has 1 aromatic carbocycles. The summed E-state index contributed by atoms with van der Waals surface area (Å²) >= 11 is 0. The highest BCUT2D eigenvalue weighted by Crippen LogP contribution is 2.36. The molecule has 0 spiro atoms. The number of carbonyl (C=O) groups is 1. The van der Waals surface area contributed by atoms with Crippen LogP contribution in [-0.4, -0.2) is 19.0 Å². The number of anilines is 1. The summed E-state index contributed by atoms with van der Waals surface area (Å²) in [5, 5.41) is 6.40. The molecule has 3 heteroatoms. The van der Waals surface area contributed by atoms with Gasteiger partial charge in [0.1, 0.15) is 0 Å². The summed E-state index contributed by atoms with van der Waals surface area (Å²) in [6.45, 7) is 3.78. The van der Waals surface area contributed by atoms with E-state index in [1.165, 1.54) is 12.8 Å². The fraction of sp³-hybridized carbons (Fsp3) is 0.533. The van der Waals surface area contributed by atoms with Gasteiger partial charge in [0.25, 0.3) is 0 Å². The molecule has 18 heavy (non-hydrogen) atoms. The molecule has 2 aliphatic rings. The molecule has 96 valence electrons. The van der Waals surface area contributed by atoms with E-state index in [0.717, 1.165) is 30.3 Å². The van der Waals surface area contributed by atoms with E-state index in [-0.39, 0.29) is 11.8 Å². The van der Waals surface area contributed by atoms with Crippen LogP contribution in [0.25, 0.3) is 0 Å². The minimum Gasteiger partial charge on any atom is -0.384 e. The van der Waals surface area contributed by atoms with Crippen molar-refractivity contribution >= 4 is 11.6 Å². The predicted molar refractivity (Wildman–Crippen MR) is 72.6 cm³/mol. The molecule has 2 N–H and O–H groups in total. The van der Waals surface area contributed by atoms with Gasteiger partial charge < -0.3 is 10.6 Å². The van der Waals surface area contributed by atoms with Crippen LogP contribution in [0.15, 0.2) is 24.3 Å². The van der Waals surface area contributed by atoms with E-state index >= 15 is 0 Å². The SMILES string of the molecule is CC(CNC(=O)C1CNc2ccccc21)C1CC1. The molecule has 1 saturated carbocycles. The van der Waals surface area contributed by atoms with Crippen LogP contribution in [0.4, 0.5) is 5.69 Å². The molecular formula is C15H20N2O. The number of hydrogen-bond donors (Lipinski definition) is 2. The molecule has 0 aromatic heterocycles. The van der Waals surface area contributed by atoms with Crippen molar-refractivity contribution in [3.8, 4) is 0 Å². The van der Waals surface area contributed by atoms with Crippen molar-refractivity contribution in [3.05, 3.63) is 29.8 Å². The molecule has 0 radical (unpaired) electrons. The van der Waals surface area contributed by atoms with Gasteiger partial charge in [0.2, 0.25) is 5.91 Å². The van der Waals surface area contributed by atoms with E-state index in [1.807, 2.05) is 24.3 Å². The van der Waals surface area contributed by atoms with Crippen molar-refractivity contribution in [2.45, 2.75) is 25.7 Å². The van der Waals surface area contributed by atoms with E-state index in [9.17, 15) is 4.79 Å². The average molecular weight is 244 g/mol. The van der Waals surface area contributed by atoms with Gasteiger partial charge in [0.05, 0.1) is 5.92 Å². The summed E-state index contributed by atoms with van der Waals surface area (Å²) in [6, 6.07) is 8.08. The Morgan fingerprint density at radius 1 is 1.44 bits per heavy atom. The molecule has 3 nitrogen and oxygen atoms in total. The van der Waals surface area contributed by atoms with Gasteiger partial charge in [-0.25, -0.2) is 0 Å². The first-order valence-electron chi connectivity index (χ1n) is 6.86. The Bertz CT molecular complexity index is 454. The van der Waals surface area contributed by atoms with E-state index in [1.54, 1.807) is 0 Å². The lowest BCUT2D eigenvalue weighted by molar-refractivity contribution is -0.122. The molecule has 3 rings (SSSR count). The van der Waals surface area contributed by atoms with Crippen molar-refractivity contribution in [3.63, 3.8) is 0 Å². The van der Waals surface area contributed by atoms with E-state index < -0.39 is 0 Å². The van der Waals surface area contributed by atoms with E-state index in [2.05, 4.69) is 17.6 Å². The van der Waals surface area contributed by atoms with Crippen molar-refractivity contribution in [2.75, 3.05) is 18.4 Å². The van der Waals surface area contributed by atoms with Crippen LogP contribution in [0, 0.1) is 11.8 Å². The lowest BCUT2D eigenvalue weighted by Gasteiger charge is -2.14. The third-order valence-corrected chi connectivity index (χ3v) is 4.17. The zero-order valence-corrected chi connectivity index (χ0v) is 10.8. The van der Waals surface area contributed by atoms with Gasteiger partial charge in [-0.05, 0) is 36.3 Å². The molecule has 2 atom stereocenters. The summed E-state index contributed by atoms with van der Waals surface area (Å²) in [7, 11) is 0. The van der Waals surface area contributed by atoms with Gasteiger partial charge in [-0.15, -0.1) is 0 Å². The maximum absolute atomic E-state index is 12.2. The summed E-state index contributed by atoms with van der Waals surface area (Å²) in [6.07, 6.45) is 2.68. The third-order valence-electron chi connectivity index (χ3n) is 4.17. The Balaban J connectivity index is 1.60. The predicted octanol–water partition coefficient (Wildman–Crippen LogP) is 2.36. The van der Waals surface area contributed by atoms with Gasteiger partial charge >= 0.3 is 0 Å². The van der Waals surface area contributed by atoms with Crippen LogP contribution >= 0.6 is 0 Å². The first-order chi connectivity index (χ1) is 8.75. The number of benzene rings is 1. The molecule has 2 unspecified atom stereocenters. The van der Waals surface area contributed by atoms with Crippen LogP contribution in [0.1, 0.15) is 31.2 Å². The number of para-hydroxylation sites is 1. The standard InChI is InChI=1S/C15H20N2O/c1-10(11-6-7-11)8-17-15(18)13-9-16-14-5-3-2-4-12(13)14/h2-5,10-11,13,16H,6-9H2,1H3,(H,17,18). The Hall–Kier alpha value is -1.51.